The number of aryl methyl sites for hydroxylation is 1. The van der Waals surface area contributed by atoms with Gasteiger partial charge < -0.3 is 5.11 Å². The maximum atomic E-state index is 9.68. The van der Waals surface area contributed by atoms with Crippen LogP contribution in [0.5, 0.6) is 5.75 Å². The van der Waals surface area contributed by atoms with Crippen molar-refractivity contribution in [2.45, 2.75) is 32.7 Å². The molecule has 2 heterocycles. The van der Waals surface area contributed by atoms with E-state index in [0.717, 1.165) is 31.0 Å². The lowest BCUT2D eigenvalue weighted by atomic mass is 10.1. The lowest BCUT2D eigenvalue weighted by Crippen LogP contribution is -2.29. The zero-order valence-corrected chi connectivity index (χ0v) is 9.24. The molecule has 0 saturated carbocycles. The topological polar surface area (TPSA) is 36.4 Å². The van der Waals surface area contributed by atoms with Crippen LogP contribution < -0.4 is 0 Å². The second kappa shape index (κ2) is 4.62. The largest absolute Gasteiger partial charge is 0.506 e. The number of aromatic hydroxyl groups is 1. The van der Waals surface area contributed by atoms with Crippen LogP contribution in [0.3, 0.4) is 0 Å². The second-order valence-electron chi connectivity index (χ2n) is 4.26. The molecule has 0 aliphatic carbocycles. The van der Waals surface area contributed by atoms with Crippen molar-refractivity contribution in [3.63, 3.8) is 0 Å². The van der Waals surface area contributed by atoms with Crippen LogP contribution in [0, 0.1) is 6.92 Å². The lowest BCUT2D eigenvalue weighted by molar-refractivity contribution is 0.216. The Labute approximate surface area is 90.8 Å². The third-order valence-corrected chi connectivity index (χ3v) is 2.91. The van der Waals surface area contributed by atoms with Gasteiger partial charge in [0, 0.05) is 12.2 Å². The van der Waals surface area contributed by atoms with E-state index in [2.05, 4.69) is 9.88 Å². The summed E-state index contributed by atoms with van der Waals surface area (Å²) >= 11 is 0. The molecule has 0 unspecified atom stereocenters. The number of hydrogen-bond acceptors (Lipinski definition) is 3. The van der Waals surface area contributed by atoms with Crippen molar-refractivity contribution in [1.29, 1.82) is 0 Å². The van der Waals surface area contributed by atoms with Crippen LogP contribution in [0.15, 0.2) is 12.1 Å². The molecule has 82 valence electrons. The molecular weight excluding hydrogens is 188 g/mol. The van der Waals surface area contributed by atoms with E-state index < -0.39 is 0 Å². The summed E-state index contributed by atoms with van der Waals surface area (Å²) in [5, 5.41) is 9.68. The van der Waals surface area contributed by atoms with Crippen LogP contribution in [-0.2, 0) is 6.54 Å². The fraction of sp³-hybridized carbons (Fsp3) is 0.583. The van der Waals surface area contributed by atoms with Crippen LogP contribution in [0.2, 0.25) is 0 Å². The van der Waals surface area contributed by atoms with Crippen molar-refractivity contribution in [2.24, 2.45) is 0 Å². The fourth-order valence-electron chi connectivity index (χ4n) is 2.05. The number of rotatable bonds is 2. The first kappa shape index (κ1) is 10.4. The number of likely N-dealkylation sites (tertiary alicyclic amines) is 1. The highest BCUT2D eigenvalue weighted by Crippen LogP contribution is 2.19. The molecule has 0 spiro atoms. The molecular formula is C12H18N2O. The van der Waals surface area contributed by atoms with E-state index in [0.29, 0.717) is 5.75 Å². The number of nitrogens with zero attached hydrogens (tertiary/aromatic N) is 2. The molecule has 0 bridgehead atoms. The maximum absolute atomic E-state index is 9.68. The normalized spacial score (nSPS) is 17.9. The maximum Gasteiger partial charge on any atom is 0.138 e. The summed E-state index contributed by atoms with van der Waals surface area (Å²) in [6.07, 6.45) is 3.88. The van der Waals surface area contributed by atoms with E-state index in [-0.39, 0.29) is 0 Å². The molecule has 1 saturated heterocycles. The minimum absolute atomic E-state index is 0.325. The van der Waals surface area contributed by atoms with Crippen LogP contribution in [0.4, 0.5) is 0 Å². The van der Waals surface area contributed by atoms with Crippen molar-refractivity contribution in [2.75, 3.05) is 13.1 Å². The highest BCUT2D eigenvalue weighted by molar-refractivity contribution is 5.27. The minimum atomic E-state index is 0.325. The van der Waals surface area contributed by atoms with Crippen LogP contribution in [-0.4, -0.2) is 28.1 Å². The third kappa shape index (κ3) is 2.69. The Kier molecular flexibility index (Phi) is 3.21. The van der Waals surface area contributed by atoms with Gasteiger partial charge in [-0.25, -0.2) is 0 Å². The quantitative estimate of drug-likeness (QED) is 0.805. The van der Waals surface area contributed by atoms with Gasteiger partial charge >= 0.3 is 0 Å². The Hall–Kier alpha value is -1.09. The summed E-state index contributed by atoms with van der Waals surface area (Å²) in [4.78, 5) is 6.74. The summed E-state index contributed by atoms with van der Waals surface area (Å²) in [6, 6.07) is 3.58. The van der Waals surface area contributed by atoms with E-state index in [9.17, 15) is 5.11 Å². The molecule has 2 rings (SSSR count). The fourth-order valence-corrected chi connectivity index (χ4v) is 2.05. The van der Waals surface area contributed by atoms with E-state index in [4.69, 9.17) is 0 Å². The van der Waals surface area contributed by atoms with E-state index >= 15 is 0 Å². The summed E-state index contributed by atoms with van der Waals surface area (Å²) in [5.41, 5.74) is 1.79. The highest BCUT2D eigenvalue weighted by atomic mass is 16.3. The van der Waals surface area contributed by atoms with Crippen molar-refractivity contribution >= 4 is 0 Å². The number of pyridine rings is 1. The summed E-state index contributed by atoms with van der Waals surface area (Å²) < 4.78 is 0. The molecule has 1 aromatic rings. The predicted octanol–water partition coefficient (Wildman–Crippen LogP) is 2.08. The molecule has 3 heteroatoms. The first-order valence-corrected chi connectivity index (χ1v) is 5.63. The van der Waals surface area contributed by atoms with Crippen molar-refractivity contribution in [1.82, 2.24) is 9.88 Å². The summed E-state index contributed by atoms with van der Waals surface area (Å²) in [7, 11) is 0. The molecule has 3 nitrogen and oxygen atoms in total. The first-order chi connectivity index (χ1) is 7.25. The molecule has 0 aromatic carbocycles. The molecule has 1 aliphatic rings. The van der Waals surface area contributed by atoms with E-state index in [1.54, 1.807) is 6.07 Å². The number of aromatic nitrogens is 1. The Morgan fingerprint density at radius 1 is 1.27 bits per heavy atom. The average Bonchev–Trinajstić information content (AvgIpc) is 2.25. The molecule has 0 amide bonds. The zero-order valence-electron chi connectivity index (χ0n) is 9.24. The van der Waals surface area contributed by atoms with E-state index in [1.165, 1.54) is 19.3 Å². The Morgan fingerprint density at radius 3 is 2.73 bits per heavy atom. The van der Waals surface area contributed by atoms with E-state index in [1.807, 2.05) is 13.0 Å². The smallest absolute Gasteiger partial charge is 0.138 e. The van der Waals surface area contributed by atoms with Gasteiger partial charge in [-0.3, -0.25) is 9.88 Å². The second-order valence-corrected chi connectivity index (χ2v) is 4.26. The highest BCUT2D eigenvalue weighted by Gasteiger charge is 2.13. The first-order valence-electron chi connectivity index (χ1n) is 5.63. The number of hydrogen-bond donors (Lipinski definition) is 1. The monoisotopic (exact) mass is 206 g/mol. The average molecular weight is 206 g/mol. The molecule has 1 aromatic heterocycles. The van der Waals surface area contributed by atoms with Crippen LogP contribution in [0.1, 0.15) is 30.7 Å². The van der Waals surface area contributed by atoms with Gasteiger partial charge in [0.05, 0.1) is 5.69 Å². The molecule has 1 N–H and O–H groups in total. The molecule has 15 heavy (non-hydrogen) atoms. The molecule has 1 fully saturated rings. The Bertz CT molecular complexity index is 332. The van der Waals surface area contributed by atoms with Gasteiger partial charge in [0.2, 0.25) is 0 Å². The summed E-state index contributed by atoms with van der Waals surface area (Å²) in [6.45, 7) is 5.01. The van der Waals surface area contributed by atoms with Crippen LogP contribution in [0.25, 0.3) is 0 Å². The third-order valence-electron chi connectivity index (χ3n) is 2.91. The van der Waals surface area contributed by atoms with Crippen LogP contribution >= 0.6 is 0 Å². The van der Waals surface area contributed by atoms with Gasteiger partial charge in [-0.2, -0.15) is 0 Å². The molecule has 1 aliphatic heterocycles. The van der Waals surface area contributed by atoms with Gasteiger partial charge in [-0.15, -0.1) is 0 Å². The molecule has 0 radical (unpaired) electrons. The number of piperidine rings is 1. The van der Waals surface area contributed by atoms with Gasteiger partial charge in [0.15, 0.2) is 0 Å². The Morgan fingerprint density at radius 2 is 2.00 bits per heavy atom. The Balaban J connectivity index is 2.05. The van der Waals surface area contributed by atoms with Crippen molar-refractivity contribution < 1.29 is 5.11 Å². The van der Waals surface area contributed by atoms with Gasteiger partial charge in [0.1, 0.15) is 5.75 Å². The standard InChI is InChI=1S/C12H18N2O/c1-10-5-6-12(15)11(13-10)9-14-7-3-2-4-8-14/h5-6,15H,2-4,7-9H2,1H3. The molecule has 0 atom stereocenters. The zero-order chi connectivity index (χ0) is 10.7. The SMILES string of the molecule is Cc1ccc(O)c(CN2CCCCC2)n1. The van der Waals surface area contributed by atoms with Gasteiger partial charge in [-0.1, -0.05) is 6.42 Å². The predicted molar refractivity (Wildman–Crippen MR) is 59.8 cm³/mol. The minimum Gasteiger partial charge on any atom is -0.506 e. The lowest BCUT2D eigenvalue weighted by Gasteiger charge is -2.26. The summed E-state index contributed by atoms with van der Waals surface area (Å²) in [5.74, 6) is 0.325. The van der Waals surface area contributed by atoms with Crippen molar-refractivity contribution in [3.05, 3.63) is 23.5 Å². The van der Waals surface area contributed by atoms with Gasteiger partial charge in [0.25, 0.3) is 0 Å². The van der Waals surface area contributed by atoms with Gasteiger partial charge in [-0.05, 0) is 45.0 Å². The van der Waals surface area contributed by atoms with Crippen molar-refractivity contribution in [3.8, 4) is 5.75 Å².